The molecular formula is C48H47NOS2. The SMILES string of the molecule is C1=CC2OC3=C(CC(N(C4=CCC(C5=CC6SC7=C(CCC=C7)C6C=C5)C=C4)C4=c5sc6c(c5=CCC4)CCC=C6C4C=CCCC4)C=C3)C2C=C1. The number of allylic oxidation sites excluding steroid dienone is 16. The quantitative estimate of drug-likeness (QED) is 0.282. The first-order chi connectivity index (χ1) is 25.8. The summed E-state index contributed by atoms with van der Waals surface area (Å²) < 4.78 is 8.01. The Kier molecular flexibility index (Phi) is 7.93. The monoisotopic (exact) mass is 717 g/mol. The summed E-state index contributed by atoms with van der Waals surface area (Å²) in [6, 6.07) is 0.263. The maximum absolute atomic E-state index is 6.48. The lowest BCUT2D eigenvalue weighted by molar-refractivity contribution is 0.173. The van der Waals surface area contributed by atoms with Crippen molar-refractivity contribution >= 4 is 40.4 Å². The zero-order chi connectivity index (χ0) is 34.2. The zero-order valence-electron chi connectivity index (χ0n) is 29.9. The molecule has 10 aliphatic rings. The molecule has 0 radical (unpaired) electrons. The van der Waals surface area contributed by atoms with Gasteiger partial charge in [0.15, 0.2) is 0 Å². The van der Waals surface area contributed by atoms with Gasteiger partial charge in [0.25, 0.3) is 0 Å². The van der Waals surface area contributed by atoms with Gasteiger partial charge in [0, 0.05) is 50.1 Å². The number of ether oxygens (including phenoxy) is 1. The van der Waals surface area contributed by atoms with Crippen molar-refractivity contribution in [3.8, 4) is 0 Å². The molecule has 52 heavy (non-hydrogen) atoms. The molecule has 0 saturated heterocycles. The van der Waals surface area contributed by atoms with E-state index in [2.05, 4.69) is 137 Å². The van der Waals surface area contributed by atoms with Gasteiger partial charge in [-0.05, 0) is 122 Å². The van der Waals surface area contributed by atoms with Gasteiger partial charge in [-0.2, -0.15) is 0 Å². The molecule has 7 unspecified atom stereocenters. The lowest BCUT2D eigenvalue weighted by Crippen LogP contribution is -2.40. The molecule has 1 aromatic rings. The Balaban J connectivity index is 0.953. The normalized spacial score (nSPS) is 33.3. The second kappa shape index (κ2) is 13.0. The fourth-order valence-electron chi connectivity index (χ4n) is 10.6. The molecule has 0 saturated carbocycles. The maximum atomic E-state index is 6.48. The van der Waals surface area contributed by atoms with Crippen LogP contribution in [0.25, 0.3) is 17.3 Å². The number of rotatable bonds is 5. The number of hydrogen-bond acceptors (Lipinski definition) is 4. The van der Waals surface area contributed by atoms with Crippen molar-refractivity contribution in [2.75, 3.05) is 0 Å². The topological polar surface area (TPSA) is 12.5 Å². The van der Waals surface area contributed by atoms with E-state index in [4.69, 9.17) is 4.74 Å². The molecule has 0 amide bonds. The second-order valence-electron chi connectivity index (χ2n) is 16.1. The first-order valence-electron chi connectivity index (χ1n) is 20.1. The van der Waals surface area contributed by atoms with E-state index in [0.717, 1.165) is 31.4 Å². The molecular weight excluding hydrogens is 671 g/mol. The van der Waals surface area contributed by atoms with Gasteiger partial charge in [0.2, 0.25) is 0 Å². The Bertz CT molecular complexity index is 2240. The van der Waals surface area contributed by atoms with Crippen LogP contribution in [-0.2, 0) is 11.2 Å². The average molecular weight is 718 g/mol. The van der Waals surface area contributed by atoms with Gasteiger partial charge in [-0.15, -0.1) is 23.1 Å². The molecule has 0 bridgehead atoms. The minimum atomic E-state index is 0.138. The largest absolute Gasteiger partial charge is 0.485 e. The van der Waals surface area contributed by atoms with Crippen LogP contribution in [0, 0.1) is 23.7 Å². The van der Waals surface area contributed by atoms with Gasteiger partial charge in [0.1, 0.15) is 11.9 Å². The van der Waals surface area contributed by atoms with E-state index in [-0.39, 0.29) is 12.1 Å². The summed E-state index contributed by atoms with van der Waals surface area (Å²) in [5.74, 6) is 3.04. The summed E-state index contributed by atoms with van der Waals surface area (Å²) in [5, 5.41) is 2.10. The molecule has 2 aliphatic heterocycles. The Morgan fingerprint density at radius 3 is 2.63 bits per heavy atom. The zero-order valence-corrected chi connectivity index (χ0v) is 31.5. The molecule has 2 nitrogen and oxygen atoms in total. The van der Waals surface area contributed by atoms with Gasteiger partial charge in [-0.1, -0.05) is 91.1 Å². The number of fused-ring (bicyclic) bond motifs is 7. The Morgan fingerprint density at radius 2 is 1.71 bits per heavy atom. The van der Waals surface area contributed by atoms with Crippen LogP contribution in [0.5, 0.6) is 0 Å². The highest BCUT2D eigenvalue weighted by atomic mass is 32.2. The van der Waals surface area contributed by atoms with Crippen LogP contribution in [0.2, 0.25) is 0 Å². The summed E-state index contributed by atoms with van der Waals surface area (Å²) in [4.78, 5) is 5.89. The van der Waals surface area contributed by atoms with E-state index >= 15 is 0 Å². The fraction of sp³-hybridized carbons (Fsp3) is 0.375. The number of thioether (sulfide) groups is 1. The first-order valence-corrected chi connectivity index (χ1v) is 21.8. The van der Waals surface area contributed by atoms with Crippen molar-refractivity contribution in [2.24, 2.45) is 23.7 Å². The van der Waals surface area contributed by atoms with Crippen molar-refractivity contribution in [2.45, 2.75) is 88.0 Å². The van der Waals surface area contributed by atoms with Crippen LogP contribution >= 0.6 is 23.1 Å². The van der Waals surface area contributed by atoms with Crippen molar-refractivity contribution in [1.82, 2.24) is 4.90 Å². The third-order valence-corrected chi connectivity index (χ3v) is 15.8. The first kappa shape index (κ1) is 31.8. The third kappa shape index (κ3) is 5.26. The Hall–Kier alpha value is -3.73. The number of thiophene rings is 1. The van der Waals surface area contributed by atoms with Crippen LogP contribution in [0.15, 0.2) is 136 Å². The van der Waals surface area contributed by atoms with E-state index in [0.29, 0.717) is 28.9 Å². The lowest BCUT2D eigenvalue weighted by atomic mass is 9.81. The second-order valence-corrected chi connectivity index (χ2v) is 18.3. The number of hydrogen-bond donors (Lipinski definition) is 0. The molecule has 4 heteroatoms. The fourth-order valence-corrected chi connectivity index (χ4v) is 13.6. The molecule has 8 aliphatic carbocycles. The van der Waals surface area contributed by atoms with E-state index in [1.807, 2.05) is 0 Å². The molecule has 0 N–H and O–H groups in total. The van der Waals surface area contributed by atoms with Crippen LogP contribution < -0.4 is 9.75 Å². The highest BCUT2D eigenvalue weighted by molar-refractivity contribution is 8.04. The molecule has 262 valence electrons. The van der Waals surface area contributed by atoms with E-state index in [1.54, 1.807) is 26.8 Å². The molecule has 3 heterocycles. The summed E-state index contributed by atoms with van der Waals surface area (Å²) in [6.45, 7) is 0. The Labute approximate surface area is 316 Å². The van der Waals surface area contributed by atoms with Crippen molar-refractivity contribution in [3.63, 3.8) is 0 Å². The lowest BCUT2D eigenvalue weighted by Gasteiger charge is -2.38. The van der Waals surface area contributed by atoms with E-state index < -0.39 is 0 Å². The highest BCUT2D eigenvalue weighted by Gasteiger charge is 2.39. The van der Waals surface area contributed by atoms with Gasteiger partial charge in [-0.25, -0.2) is 0 Å². The van der Waals surface area contributed by atoms with Gasteiger partial charge in [0.05, 0.1) is 10.6 Å². The minimum absolute atomic E-state index is 0.138. The van der Waals surface area contributed by atoms with Crippen LogP contribution in [0.3, 0.4) is 0 Å². The molecule has 11 rings (SSSR count). The number of nitrogens with zero attached hydrogens (tertiary/aromatic N) is 1. The standard InChI is InChI=1S/C48H47NOS2/c1-2-10-31(11-3-1)35-14-8-15-39-40-16-9-17-42(48(40)52-47(35)39)49(34-25-27-44-41(29-34)36-12-4-6-18-43(36)50-44)33-23-20-30(21-24-33)32-22-26-38-37-13-5-7-19-45(37)51-46(38)28-32/h2,4,6-7,10,12,14,16,18-20,22-28,30-31,34,36,38,43,46H,1,3,5,8-9,11,13,15,17,21,29H2. The van der Waals surface area contributed by atoms with Gasteiger partial charge in [-0.3, -0.25) is 0 Å². The summed E-state index contributed by atoms with van der Waals surface area (Å²) >= 11 is 4.20. The van der Waals surface area contributed by atoms with E-state index in [9.17, 15) is 0 Å². The minimum Gasteiger partial charge on any atom is -0.485 e. The van der Waals surface area contributed by atoms with Crippen molar-refractivity contribution in [3.05, 3.63) is 157 Å². The smallest absolute Gasteiger partial charge is 0.127 e. The summed E-state index contributed by atoms with van der Waals surface area (Å²) in [6.07, 6.45) is 56.7. The predicted molar refractivity (Wildman–Crippen MR) is 219 cm³/mol. The van der Waals surface area contributed by atoms with E-state index in [1.165, 1.54) is 76.9 Å². The van der Waals surface area contributed by atoms with Crippen molar-refractivity contribution < 1.29 is 4.74 Å². The molecule has 0 fully saturated rings. The molecule has 0 spiro atoms. The summed E-state index contributed by atoms with van der Waals surface area (Å²) in [5.41, 5.74) is 10.8. The maximum Gasteiger partial charge on any atom is 0.127 e. The Morgan fingerprint density at radius 1 is 0.750 bits per heavy atom. The molecule has 1 aromatic heterocycles. The summed E-state index contributed by atoms with van der Waals surface area (Å²) in [7, 11) is 0. The predicted octanol–water partition coefficient (Wildman–Crippen LogP) is 10.4. The average Bonchev–Trinajstić information content (AvgIpc) is 3.90. The van der Waals surface area contributed by atoms with Crippen LogP contribution in [-0.4, -0.2) is 22.3 Å². The van der Waals surface area contributed by atoms with Crippen LogP contribution in [0.4, 0.5) is 0 Å². The van der Waals surface area contributed by atoms with Crippen LogP contribution in [0.1, 0.15) is 74.6 Å². The molecule has 7 atom stereocenters. The molecule has 0 aromatic carbocycles. The third-order valence-electron chi connectivity index (χ3n) is 13.1. The van der Waals surface area contributed by atoms with Gasteiger partial charge < -0.3 is 9.64 Å². The van der Waals surface area contributed by atoms with Gasteiger partial charge >= 0.3 is 0 Å². The van der Waals surface area contributed by atoms with Crippen molar-refractivity contribution in [1.29, 1.82) is 0 Å². The highest BCUT2D eigenvalue weighted by Crippen LogP contribution is 2.50.